The molecule has 0 unspecified atom stereocenters. The second kappa shape index (κ2) is 5.47. The van der Waals surface area contributed by atoms with Gasteiger partial charge in [-0.1, -0.05) is 0 Å². The highest BCUT2D eigenvalue weighted by Crippen LogP contribution is 2.25. The predicted octanol–water partition coefficient (Wildman–Crippen LogP) is 0.479. The first kappa shape index (κ1) is 13.9. The highest BCUT2D eigenvalue weighted by molar-refractivity contribution is 7.92. The zero-order valence-corrected chi connectivity index (χ0v) is 11.3. The molecule has 16 heavy (non-hydrogen) atoms. The smallest absolute Gasteiger partial charge is 0.153 e. The van der Waals surface area contributed by atoms with E-state index in [1.54, 1.807) is 13.8 Å². The summed E-state index contributed by atoms with van der Waals surface area (Å²) >= 11 is 0. The van der Waals surface area contributed by atoms with Gasteiger partial charge in [-0.25, -0.2) is 8.42 Å². The minimum Gasteiger partial charge on any atom is -0.328 e. The molecule has 0 bridgehead atoms. The molecule has 1 rings (SSSR count). The van der Waals surface area contributed by atoms with Gasteiger partial charge in [0.1, 0.15) is 0 Å². The molecule has 1 aliphatic carbocycles. The monoisotopic (exact) mass is 248 g/mol. The molecule has 96 valence electrons. The lowest BCUT2D eigenvalue weighted by Crippen LogP contribution is -2.42. The molecule has 0 spiro atoms. The van der Waals surface area contributed by atoms with Crippen LogP contribution in [0.5, 0.6) is 0 Å². The Balaban J connectivity index is 2.22. The van der Waals surface area contributed by atoms with Crippen LogP contribution in [0.15, 0.2) is 0 Å². The lowest BCUT2D eigenvalue weighted by Gasteiger charge is -2.35. The SMILES string of the molecule is CC(C)S(=O)(=O)CCN(C)CC1CC(N)C1. The van der Waals surface area contributed by atoms with Gasteiger partial charge in [0.2, 0.25) is 0 Å². The Kier molecular flexibility index (Phi) is 4.76. The molecule has 1 saturated carbocycles. The molecule has 0 heterocycles. The fourth-order valence-corrected chi connectivity index (χ4v) is 3.02. The largest absolute Gasteiger partial charge is 0.328 e. The van der Waals surface area contributed by atoms with E-state index in [2.05, 4.69) is 4.90 Å². The van der Waals surface area contributed by atoms with Crippen LogP contribution >= 0.6 is 0 Å². The van der Waals surface area contributed by atoms with Crippen molar-refractivity contribution in [3.05, 3.63) is 0 Å². The Labute approximate surface area is 99.1 Å². The Bertz CT molecular complexity index is 308. The number of sulfone groups is 1. The maximum atomic E-state index is 11.6. The standard InChI is InChI=1S/C11H24N2O2S/c1-9(2)16(14,15)5-4-13(3)8-10-6-11(12)7-10/h9-11H,4-8,12H2,1-3H3. The number of nitrogens with zero attached hydrogens (tertiary/aromatic N) is 1. The van der Waals surface area contributed by atoms with Crippen molar-refractivity contribution in [3.8, 4) is 0 Å². The summed E-state index contributed by atoms with van der Waals surface area (Å²) in [6.45, 7) is 5.08. The van der Waals surface area contributed by atoms with E-state index < -0.39 is 9.84 Å². The topological polar surface area (TPSA) is 63.4 Å². The summed E-state index contributed by atoms with van der Waals surface area (Å²) in [5, 5.41) is -0.266. The fourth-order valence-electron chi connectivity index (χ4n) is 1.99. The van der Waals surface area contributed by atoms with Gasteiger partial charge < -0.3 is 10.6 Å². The Morgan fingerprint density at radius 3 is 2.38 bits per heavy atom. The lowest BCUT2D eigenvalue weighted by molar-refractivity contribution is 0.187. The molecular weight excluding hydrogens is 224 g/mol. The van der Waals surface area contributed by atoms with E-state index in [1.807, 2.05) is 7.05 Å². The summed E-state index contributed by atoms with van der Waals surface area (Å²) in [5.41, 5.74) is 5.71. The van der Waals surface area contributed by atoms with Crippen LogP contribution in [0, 0.1) is 5.92 Å². The van der Waals surface area contributed by atoms with Crippen molar-refractivity contribution >= 4 is 9.84 Å². The van der Waals surface area contributed by atoms with Gasteiger partial charge >= 0.3 is 0 Å². The zero-order valence-electron chi connectivity index (χ0n) is 10.5. The van der Waals surface area contributed by atoms with Crippen molar-refractivity contribution in [3.63, 3.8) is 0 Å². The summed E-state index contributed by atoms with van der Waals surface area (Å²) in [6, 6.07) is 0.373. The summed E-state index contributed by atoms with van der Waals surface area (Å²) < 4.78 is 23.2. The average molecular weight is 248 g/mol. The number of rotatable bonds is 6. The van der Waals surface area contributed by atoms with Crippen LogP contribution in [-0.2, 0) is 9.84 Å². The first-order chi connectivity index (χ1) is 7.31. The highest BCUT2D eigenvalue weighted by atomic mass is 32.2. The fraction of sp³-hybridized carbons (Fsp3) is 1.00. The minimum atomic E-state index is -2.89. The second-order valence-electron chi connectivity index (χ2n) is 5.28. The first-order valence-corrected chi connectivity index (χ1v) is 7.68. The third kappa shape index (κ3) is 4.03. The maximum absolute atomic E-state index is 11.6. The van der Waals surface area contributed by atoms with Gasteiger partial charge in [0.25, 0.3) is 0 Å². The van der Waals surface area contributed by atoms with E-state index in [-0.39, 0.29) is 11.0 Å². The van der Waals surface area contributed by atoms with Crippen LogP contribution in [0.25, 0.3) is 0 Å². The third-order valence-corrected chi connectivity index (χ3v) is 5.51. The summed E-state index contributed by atoms with van der Waals surface area (Å²) in [6.07, 6.45) is 2.17. The number of nitrogens with two attached hydrogens (primary N) is 1. The zero-order chi connectivity index (χ0) is 12.3. The molecule has 0 amide bonds. The quantitative estimate of drug-likeness (QED) is 0.742. The van der Waals surface area contributed by atoms with Gasteiger partial charge in [0.15, 0.2) is 9.84 Å². The molecule has 0 aromatic rings. The van der Waals surface area contributed by atoms with Crippen molar-refractivity contribution in [1.29, 1.82) is 0 Å². The molecule has 0 saturated heterocycles. The molecular formula is C11H24N2O2S. The summed E-state index contributed by atoms with van der Waals surface area (Å²) in [5.74, 6) is 0.932. The predicted molar refractivity (Wildman–Crippen MR) is 67.1 cm³/mol. The minimum absolute atomic E-state index is 0.264. The Morgan fingerprint density at radius 2 is 1.94 bits per heavy atom. The van der Waals surface area contributed by atoms with E-state index in [1.165, 1.54) is 0 Å². The molecule has 0 aromatic heterocycles. The average Bonchev–Trinajstić information content (AvgIpc) is 2.12. The van der Waals surface area contributed by atoms with Crippen LogP contribution < -0.4 is 5.73 Å². The third-order valence-electron chi connectivity index (χ3n) is 3.32. The maximum Gasteiger partial charge on any atom is 0.153 e. The van der Waals surface area contributed by atoms with Crippen molar-refractivity contribution in [1.82, 2.24) is 4.90 Å². The van der Waals surface area contributed by atoms with Crippen LogP contribution in [0.1, 0.15) is 26.7 Å². The molecule has 1 aliphatic rings. The van der Waals surface area contributed by atoms with Crippen LogP contribution in [-0.4, -0.2) is 50.5 Å². The molecule has 4 nitrogen and oxygen atoms in total. The second-order valence-corrected chi connectivity index (χ2v) is 7.95. The summed E-state index contributed by atoms with van der Waals surface area (Å²) in [4.78, 5) is 2.11. The van der Waals surface area contributed by atoms with E-state index in [0.717, 1.165) is 19.4 Å². The normalized spacial score (nSPS) is 26.1. The van der Waals surface area contributed by atoms with Gasteiger partial charge in [-0.2, -0.15) is 0 Å². The molecule has 0 aromatic carbocycles. The first-order valence-electron chi connectivity index (χ1n) is 5.97. The van der Waals surface area contributed by atoms with Crippen LogP contribution in [0.3, 0.4) is 0 Å². The molecule has 0 aliphatic heterocycles. The van der Waals surface area contributed by atoms with Crippen molar-refractivity contribution in [2.45, 2.75) is 38.0 Å². The van der Waals surface area contributed by atoms with Crippen LogP contribution in [0.2, 0.25) is 0 Å². The van der Waals surface area contributed by atoms with Gasteiger partial charge in [-0.05, 0) is 39.7 Å². The van der Waals surface area contributed by atoms with Crippen LogP contribution in [0.4, 0.5) is 0 Å². The molecule has 0 radical (unpaired) electrons. The molecule has 1 fully saturated rings. The van der Waals surface area contributed by atoms with E-state index in [9.17, 15) is 8.42 Å². The Hall–Kier alpha value is -0.130. The molecule has 2 N–H and O–H groups in total. The van der Waals surface area contributed by atoms with Crippen molar-refractivity contribution in [2.24, 2.45) is 11.7 Å². The Morgan fingerprint density at radius 1 is 1.38 bits per heavy atom. The van der Waals surface area contributed by atoms with Crippen molar-refractivity contribution in [2.75, 3.05) is 25.9 Å². The molecule has 0 atom stereocenters. The lowest BCUT2D eigenvalue weighted by atomic mass is 9.81. The highest BCUT2D eigenvalue weighted by Gasteiger charge is 2.27. The number of hydrogen-bond acceptors (Lipinski definition) is 4. The van der Waals surface area contributed by atoms with Gasteiger partial charge in [-0.3, -0.25) is 0 Å². The van der Waals surface area contributed by atoms with Gasteiger partial charge in [0, 0.05) is 19.1 Å². The molecule has 5 heteroatoms. The number of hydrogen-bond donors (Lipinski definition) is 1. The van der Waals surface area contributed by atoms with E-state index >= 15 is 0 Å². The van der Waals surface area contributed by atoms with Crippen molar-refractivity contribution < 1.29 is 8.42 Å². The summed E-state index contributed by atoms with van der Waals surface area (Å²) in [7, 11) is -0.909. The van der Waals surface area contributed by atoms with E-state index in [0.29, 0.717) is 18.5 Å². The van der Waals surface area contributed by atoms with Gasteiger partial charge in [-0.15, -0.1) is 0 Å². The van der Waals surface area contributed by atoms with E-state index in [4.69, 9.17) is 5.73 Å². The van der Waals surface area contributed by atoms with Gasteiger partial charge in [0.05, 0.1) is 11.0 Å².